The fourth-order valence-corrected chi connectivity index (χ4v) is 5.48. The van der Waals surface area contributed by atoms with Gasteiger partial charge >= 0.3 is 0 Å². The van der Waals surface area contributed by atoms with E-state index in [1.807, 2.05) is 11.5 Å². The standard InChI is InChI=1S/C21H29ClN4O2S2/c1-4-23-20(29)25(18-8-9-18)13-19-11-24-21(26(19)12-15(2)3)30(27,28)14-16-6-5-7-17(22)10-16/h5-7,10-11,15,18H,4,8-9,12-14H2,1-3H3,(H,23,29). The summed E-state index contributed by atoms with van der Waals surface area (Å²) in [6, 6.07) is 7.35. The lowest BCUT2D eigenvalue weighted by Crippen LogP contribution is -2.41. The molecule has 9 heteroatoms. The molecule has 1 heterocycles. The number of halogens is 1. The normalized spacial score (nSPS) is 14.2. The summed E-state index contributed by atoms with van der Waals surface area (Å²) in [5.41, 5.74) is 1.51. The van der Waals surface area contributed by atoms with Gasteiger partial charge < -0.3 is 14.8 Å². The molecule has 6 nitrogen and oxygen atoms in total. The van der Waals surface area contributed by atoms with E-state index in [4.69, 9.17) is 23.8 Å². The van der Waals surface area contributed by atoms with Crippen LogP contribution in [0.5, 0.6) is 0 Å². The summed E-state index contributed by atoms with van der Waals surface area (Å²) in [5.74, 6) is 0.137. The van der Waals surface area contributed by atoms with Gasteiger partial charge in [-0.3, -0.25) is 0 Å². The van der Waals surface area contributed by atoms with Gasteiger partial charge in [-0.1, -0.05) is 37.6 Å². The maximum Gasteiger partial charge on any atom is 0.228 e. The Bertz CT molecular complexity index is 1000. The highest BCUT2D eigenvalue weighted by atomic mass is 35.5. The van der Waals surface area contributed by atoms with E-state index in [0.717, 1.165) is 25.1 Å². The van der Waals surface area contributed by atoms with Crippen molar-refractivity contribution in [3.63, 3.8) is 0 Å². The number of imidazole rings is 1. The van der Waals surface area contributed by atoms with Crippen molar-refractivity contribution < 1.29 is 8.42 Å². The Morgan fingerprint density at radius 1 is 1.40 bits per heavy atom. The third kappa shape index (κ3) is 5.74. The Balaban J connectivity index is 1.91. The van der Waals surface area contributed by atoms with Crippen LogP contribution in [-0.2, 0) is 28.7 Å². The SMILES string of the molecule is CCNC(=S)N(Cc1cnc(S(=O)(=O)Cc2cccc(Cl)c2)n1CC(C)C)C1CC1. The van der Waals surface area contributed by atoms with Crippen molar-refractivity contribution in [2.24, 2.45) is 5.92 Å². The molecule has 1 aromatic heterocycles. The lowest BCUT2D eigenvalue weighted by atomic mass is 10.2. The number of hydrogen-bond donors (Lipinski definition) is 1. The predicted octanol–water partition coefficient (Wildman–Crippen LogP) is 4.03. The average molecular weight is 469 g/mol. The number of aromatic nitrogens is 2. The lowest BCUT2D eigenvalue weighted by molar-refractivity contribution is 0.371. The van der Waals surface area contributed by atoms with Gasteiger partial charge in [-0.2, -0.15) is 0 Å². The van der Waals surface area contributed by atoms with E-state index < -0.39 is 9.84 Å². The molecule has 1 N–H and O–H groups in total. The molecule has 1 saturated carbocycles. The number of thiocarbonyl (C=S) groups is 1. The minimum atomic E-state index is -3.63. The molecule has 30 heavy (non-hydrogen) atoms. The summed E-state index contributed by atoms with van der Waals surface area (Å²) in [7, 11) is -3.63. The molecule has 3 rings (SSSR count). The van der Waals surface area contributed by atoms with Crippen LogP contribution in [0.3, 0.4) is 0 Å². The summed E-state index contributed by atoms with van der Waals surface area (Å²) in [6.07, 6.45) is 3.88. The van der Waals surface area contributed by atoms with Crippen LogP contribution < -0.4 is 5.32 Å². The molecule has 2 aromatic rings. The van der Waals surface area contributed by atoms with Crippen LogP contribution in [0, 0.1) is 5.92 Å². The molecule has 164 valence electrons. The second kappa shape index (κ2) is 9.66. The van der Waals surface area contributed by atoms with Crippen LogP contribution in [0.25, 0.3) is 0 Å². The largest absolute Gasteiger partial charge is 0.363 e. The fraction of sp³-hybridized carbons (Fsp3) is 0.524. The van der Waals surface area contributed by atoms with Crippen LogP contribution in [0.2, 0.25) is 5.02 Å². The molecule has 0 aliphatic heterocycles. The smallest absolute Gasteiger partial charge is 0.228 e. The molecule has 0 unspecified atom stereocenters. The summed E-state index contributed by atoms with van der Waals surface area (Å²) >= 11 is 11.6. The second-order valence-electron chi connectivity index (χ2n) is 8.12. The van der Waals surface area contributed by atoms with E-state index in [2.05, 4.69) is 29.0 Å². The Kier molecular flexibility index (Phi) is 7.42. The summed E-state index contributed by atoms with van der Waals surface area (Å²) in [6.45, 7) is 8.03. The molecule has 0 atom stereocenters. The minimum Gasteiger partial charge on any atom is -0.363 e. The monoisotopic (exact) mass is 468 g/mol. The number of rotatable bonds is 9. The highest BCUT2D eigenvalue weighted by molar-refractivity contribution is 7.90. The Hall–Kier alpha value is -1.64. The van der Waals surface area contributed by atoms with Gasteiger partial charge in [0.2, 0.25) is 15.0 Å². The van der Waals surface area contributed by atoms with Crippen molar-refractivity contribution in [3.05, 3.63) is 46.7 Å². The highest BCUT2D eigenvalue weighted by Gasteiger charge is 2.32. The Labute approximate surface area is 189 Å². The zero-order valence-corrected chi connectivity index (χ0v) is 20.0. The molecule has 1 aliphatic carbocycles. The molecule has 1 aromatic carbocycles. The van der Waals surface area contributed by atoms with Gasteiger partial charge in [0.25, 0.3) is 0 Å². The summed E-state index contributed by atoms with van der Waals surface area (Å²) in [4.78, 5) is 6.50. The third-order valence-corrected chi connectivity index (χ3v) is 7.09. The average Bonchev–Trinajstić information content (AvgIpc) is 3.41. The molecule has 0 bridgehead atoms. The van der Waals surface area contributed by atoms with Crippen molar-refractivity contribution >= 4 is 38.8 Å². The quantitative estimate of drug-likeness (QED) is 0.560. The first-order valence-corrected chi connectivity index (χ1v) is 12.7. The van der Waals surface area contributed by atoms with Crippen molar-refractivity contribution in [1.29, 1.82) is 0 Å². The van der Waals surface area contributed by atoms with E-state index in [-0.39, 0.29) is 16.8 Å². The van der Waals surface area contributed by atoms with E-state index >= 15 is 0 Å². The van der Waals surface area contributed by atoms with Crippen LogP contribution in [0.1, 0.15) is 44.9 Å². The maximum absolute atomic E-state index is 13.2. The lowest BCUT2D eigenvalue weighted by Gasteiger charge is -2.26. The molecule has 0 radical (unpaired) electrons. The van der Waals surface area contributed by atoms with Gasteiger partial charge in [-0.15, -0.1) is 0 Å². The molecule has 1 fully saturated rings. The zero-order chi connectivity index (χ0) is 21.9. The molecular formula is C21H29ClN4O2S2. The van der Waals surface area contributed by atoms with Crippen molar-refractivity contribution in [3.8, 4) is 0 Å². The predicted molar refractivity (Wildman–Crippen MR) is 124 cm³/mol. The van der Waals surface area contributed by atoms with Crippen molar-refractivity contribution in [2.45, 2.75) is 63.7 Å². The van der Waals surface area contributed by atoms with E-state index in [1.165, 1.54) is 0 Å². The number of hydrogen-bond acceptors (Lipinski definition) is 4. The molecular weight excluding hydrogens is 440 g/mol. The van der Waals surface area contributed by atoms with Gasteiger partial charge in [0.05, 0.1) is 24.2 Å². The maximum atomic E-state index is 13.2. The minimum absolute atomic E-state index is 0.108. The number of nitrogens with one attached hydrogen (secondary N) is 1. The molecule has 0 saturated heterocycles. The number of nitrogens with zero attached hydrogens (tertiary/aromatic N) is 3. The van der Waals surface area contributed by atoms with Crippen molar-refractivity contribution in [2.75, 3.05) is 6.54 Å². The zero-order valence-electron chi connectivity index (χ0n) is 17.6. The fourth-order valence-electron chi connectivity index (χ4n) is 3.42. The Morgan fingerprint density at radius 3 is 2.73 bits per heavy atom. The van der Waals surface area contributed by atoms with Gasteiger partial charge in [0.15, 0.2) is 5.11 Å². The third-order valence-electron chi connectivity index (χ3n) is 4.88. The molecule has 0 amide bonds. The second-order valence-corrected chi connectivity index (χ2v) is 10.8. The first-order chi connectivity index (χ1) is 14.2. The van der Waals surface area contributed by atoms with Gasteiger partial charge in [-0.25, -0.2) is 13.4 Å². The highest BCUT2D eigenvalue weighted by Crippen LogP contribution is 2.29. The van der Waals surface area contributed by atoms with Gasteiger partial charge in [-0.05, 0) is 55.6 Å². The molecule has 0 spiro atoms. The Morgan fingerprint density at radius 2 is 2.13 bits per heavy atom. The van der Waals surface area contributed by atoms with Crippen LogP contribution >= 0.6 is 23.8 Å². The first kappa shape index (κ1) is 23.0. The number of benzene rings is 1. The van der Waals surface area contributed by atoms with Gasteiger partial charge in [0.1, 0.15) is 0 Å². The van der Waals surface area contributed by atoms with E-state index in [0.29, 0.717) is 34.8 Å². The molecule has 1 aliphatic rings. The summed E-state index contributed by atoms with van der Waals surface area (Å²) < 4.78 is 28.3. The van der Waals surface area contributed by atoms with Gasteiger partial charge in [0, 0.05) is 24.2 Å². The van der Waals surface area contributed by atoms with E-state index in [1.54, 1.807) is 30.5 Å². The van der Waals surface area contributed by atoms with Crippen LogP contribution in [0.15, 0.2) is 35.6 Å². The first-order valence-electron chi connectivity index (χ1n) is 10.3. The van der Waals surface area contributed by atoms with Crippen molar-refractivity contribution in [1.82, 2.24) is 19.8 Å². The van der Waals surface area contributed by atoms with Crippen LogP contribution in [0.4, 0.5) is 0 Å². The van der Waals surface area contributed by atoms with Crippen LogP contribution in [-0.4, -0.2) is 40.6 Å². The topological polar surface area (TPSA) is 67.2 Å². The van der Waals surface area contributed by atoms with E-state index in [9.17, 15) is 8.42 Å². The summed E-state index contributed by atoms with van der Waals surface area (Å²) in [5, 5.41) is 4.56. The number of sulfone groups is 1.